The van der Waals surface area contributed by atoms with Gasteiger partial charge in [0.25, 0.3) is 0 Å². The van der Waals surface area contributed by atoms with E-state index < -0.39 is 0 Å². The van der Waals surface area contributed by atoms with E-state index in [0.717, 1.165) is 17.8 Å². The van der Waals surface area contributed by atoms with E-state index in [4.69, 9.17) is 0 Å². The van der Waals surface area contributed by atoms with E-state index in [2.05, 4.69) is 160 Å². The fourth-order valence-corrected chi connectivity index (χ4v) is 14.5. The van der Waals surface area contributed by atoms with Crippen LogP contribution >= 0.6 is 0 Å². The summed E-state index contributed by atoms with van der Waals surface area (Å²) in [5.74, 6) is 3.55. The predicted molar refractivity (Wildman–Crippen MR) is 247 cm³/mol. The lowest BCUT2D eigenvalue weighted by molar-refractivity contribution is -0.00518. The summed E-state index contributed by atoms with van der Waals surface area (Å²) in [4.78, 5) is 2.55. The van der Waals surface area contributed by atoms with Crippen LogP contribution in [0.2, 0.25) is 0 Å². The van der Waals surface area contributed by atoms with Gasteiger partial charge < -0.3 is 4.90 Å². The van der Waals surface area contributed by atoms with Crippen LogP contribution in [0.4, 0.5) is 17.1 Å². The van der Waals surface area contributed by atoms with Gasteiger partial charge in [-0.05, 0) is 184 Å². The Labute approximate surface area is 352 Å². The van der Waals surface area contributed by atoms with Crippen molar-refractivity contribution in [1.82, 2.24) is 0 Å². The smallest absolute Gasteiger partial charge is 0.0465 e. The molecule has 0 aliphatic heterocycles. The number of anilines is 3. The molecular formula is C58H59N. The molecule has 0 N–H and O–H groups in total. The highest BCUT2D eigenvalue weighted by Gasteiger charge is 2.51. The third-order valence-corrected chi connectivity index (χ3v) is 16.8. The van der Waals surface area contributed by atoms with E-state index in [0.29, 0.717) is 11.3 Å². The topological polar surface area (TPSA) is 3.24 Å². The van der Waals surface area contributed by atoms with Crippen molar-refractivity contribution in [2.75, 3.05) is 4.90 Å². The number of hydrogen-bond donors (Lipinski definition) is 0. The minimum absolute atomic E-state index is 0.0771. The Bertz CT molecular complexity index is 2580. The average molecular weight is 770 g/mol. The van der Waals surface area contributed by atoms with Gasteiger partial charge in [0.2, 0.25) is 0 Å². The Morgan fingerprint density at radius 1 is 0.441 bits per heavy atom. The second-order valence-corrected chi connectivity index (χ2v) is 21.0. The van der Waals surface area contributed by atoms with Crippen molar-refractivity contribution in [3.8, 4) is 33.4 Å². The minimum atomic E-state index is -0.186. The SMILES string of the molecule is CC1(C)c2ccccc2-c2cccc(-c3cccc4c3C(C)(C)c3cc(N(c5ccc(C6CCCCC6)cc5)c5ccc(C67CC8CC(CC(C8)C6)C7)cc5)ccc3-4)c21. The van der Waals surface area contributed by atoms with Crippen LogP contribution in [0.5, 0.6) is 0 Å². The Morgan fingerprint density at radius 3 is 1.51 bits per heavy atom. The number of hydrogen-bond acceptors (Lipinski definition) is 1. The van der Waals surface area contributed by atoms with Crippen molar-refractivity contribution in [1.29, 1.82) is 0 Å². The standard InChI is InChI=1S/C58H59N/c1-56(2)52-19-9-8-14-46(52)48-15-10-17-50(54(48)56)51-18-11-16-49-47-29-28-45(33-53(47)57(3,4)55(49)51)59(43-24-20-41(21-25-43)40-12-6-5-7-13-40)44-26-22-42(23-27-44)58-34-37-30-38(35-58)32-39(31-37)36-58/h8-11,14-29,33,37-40H,5-7,12-13,30-32,34-36H2,1-4H3. The van der Waals surface area contributed by atoms with Crippen molar-refractivity contribution < 1.29 is 0 Å². The second kappa shape index (κ2) is 13.1. The Kier molecular flexibility index (Phi) is 7.97. The first-order chi connectivity index (χ1) is 28.7. The molecule has 6 aromatic carbocycles. The lowest BCUT2D eigenvalue weighted by atomic mass is 9.48. The summed E-state index contributed by atoms with van der Waals surface area (Å²) in [6.07, 6.45) is 15.5. The summed E-state index contributed by atoms with van der Waals surface area (Å²) in [6.45, 7) is 9.78. The molecule has 4 bridgehead atoms. The molecule has 296 valence electrons. The largest absolute Gasteiger partial charge is 0.310 e. The van der Waals surface area contributed by atoms with Gasteiger partial charge in [0.05, 0.1) is 0 Å². The molecule has 0 unspecified atom stereocenters. The van der Waals surface area contributed by atoms with E-state index in [1.54, 1.807) is 5.56 Å². The van der Waals surface area contributed by atoms with Crippen LogP contribution in [0.15, 0.2) is 127 Å². The Morgan fingerprint density at radius 2 is 0.915 bits per heavy atom. The fraction of sp³-hybridized carbons (Fsp3) is 0.379. The van der Waals surface area contributed by atoms with Crippen LogP contribution in [-0.2, 0) is 16.2 Å². The highest BCUT2D eigenvalue weighted by molar-refractivity contribution is 5.94. The van der Waals surface area contributed by atoms with E-state index in [-0.39, 0.29) is 10.8 Å². The van der Waals surface area contributed by atoms with Crippen LogP contribution in [-0.4, -0.2) is 0 Å². The quantitative estimate of drug-likeness (QED) is 0.163. The summed E-state index contributed by atoms with van der Waals surface area (Å²) < 4.78 is 0. The molecule has 7 aliphatic rings. The third-order valence-electron chi connectivity index (χ3n) is 16.8. The zero-order chi connectivity index (χ0) is 39.7. The molecule has 7 aliphatic carbocycles. The summed E-state index contributed by atoms with van der Waals surface area (Å²) >= 11 is 0. The number of rotatable bonds is 6. The highest BCUT2D eigenvalue weighted by atomic mass is 15.1. The first-order valence-corrected chi connectivity index (χ1v) is 23.2. The molecule has 59 heavy (non-hydrogen) atoms. The van der Waals surface area contributed by atoms with Gasteiger partial charge in [-0.25, -0.2) is 0 Å². The molecule has 0 spiro atoms. The summed E-state index contributed by atoms with van der Waals surface area (Å²) in [7, 11) is 0. The van der Waals surface area contributed by atoms with Crippen molar-refractivity contribution in [3.05, 3.63) is 161 Å². The van der Waals surface area contributed by atoms with E-state index >= 15 is 0 Å². The van der Waals surface area contributed by atoms with Crippen LogP contribution in [0, 0.1) is 17.8 Å². The Balaban J connectivity index is 0.953. The van der Waals surface area contributed by atoms with Gasteiger partial charge in [-0.3, -0.25) is 0 Å². The van der Waals surface area contributed by atoms with Crippen LogP contribution < -0.4 is 4.90 Å². The van der Waals surface area contributed by atoms with Gasteiger partial charge in [-0.1, -0.05) is 138 Å². The van der Waals surface area contributed by atoms with E-state index in [1.165, 1.54) is 149 Å². The van der Waals surface area contributed by atoms with Gasteiger partial charge in [-0.2, -0.15) is 0 Å². The predicted octanol–water partition coefficient (Wildman–Crippen LogP) is 16.0. The second-order valence-electron chi connectivity index (χ2n) is 21.0. The summed E-state index contributed by atoms with van der Waals surface area (Å²) in [6, 6.07) is 50.2. The maximum absolute atomic E-state index is 2.55. The molecule has 1 nitrogen and oxygen atoms in total. The molecule has 6 aromatic rings. The molecule has 5 saturated carbocycles. The van der Waals surface area contributed by atoms with Crippen LogP contribution in [0.1, 0.15) is 138 Å². The third kappa shape index (κ3) is 5.41. The van der Waals surface area contributed by atoms with Crippen molar-refractivity contribution in [2.24, 2.45) is 17.8 Å². The molecule has 0 aromatic heterocycles. The van der Waals surface area contributed by atoms with E-state index in [1.807, 2.05) is 0 Å². The zero-order valence-electron chi connectivity index (χ0n) is 35.7. The zero-order valence-corrected chi connectivity index (χ0v) is 35.7. The Hall–Kier alpha value is -4.88. The van der Waals surface area contributed by atoms with Crippen molar-refractivity contribution in [3.63, 3.8) is 0 Å². The van der Waals surface area contributed by atoms with Gasteiger partial charge in [0.1, 0.15) is 0 Å². The maximum atomic E-state index is 2.55. The first-order valence-electron chi connectivity index (χ1n) is 23.2. The van der Waals surface area contributed by atoms with Crippen LogP contribution in [0.3, 0.4) is 0 Å². The summed E-state index contributed by atoms with van der Waals surface area (Å²) in [5, 5.41) is 0. The van der Waals surface area contributed by atoms with Gasteiger partial charge in [0.15, 0.2) is 0 Å². The lowest BCUT2D eigenvalue weighted by Gasteiger charge is -2.57. The number of fused-ring (bicyclic) bond motifs is 6. The van der Waals surface area contributed by atoms with Gasteiger partial charge in [0, 0.05) is 27.9 Å². The van der Waals surface area contributed by atoms with Gasteiger partial charge >= 0.3 is 0 Å². The molecule has 0 atom stereocenters. The maximum Gasteiger partial charge on any atom is 0.0465 e. The van der Waals surface area contributed by atoms with Crippen LogP contribution in [0.25, 0.3) is 33.4 Å². The molecule has 0 heterocycles. The molecule has 0 radical (unpaired) electrons. The van der Waals surface area contributed by atoms with Crippen molar-refractivity contribution in [2.45, 2.75) is 120 Å². The molecule has 13 rings (SSSR count). The van der Waals surface area contributed by atoms with Gasteiger partial charge in [-0.15, -0.1) is 0 Å². The molecular weight excluding hydrogens is 711 g/mol. The molecule has 0 saturated heterocycles. The number of nitrogens with zero attached hydrogens (tertiary/aromatic N) is 1. The average Bonchev–Trinajstić information content (AvgIpc) is 3.64. The fourth-order valence-electron chi connectivity index (χ4n) is 14.5. The van der Waals surface area contributed by atoms with E-state index in [9.17, 15) is 0 Å². The lowest BCUT2D eigenvalue weighted by Crippen LogP contribution is -2.48. The molecule has 1 heteroatoms. The highest BCUT2D eigenvalue weighted by Crippen LogP contribution is 2.61. The number of benzene rings is 6. The monoisotopic (exact) mass is 769 g/mol. The molecule has 0 amide bonds. The first kappa shape index (κ1) is 36.0. The summed E-state index contributed by atoms with van der Waals surface area (Å²) in [5.41, 5.74) is 21.0. The van der Waals surface area contributed by atoms with Crippen molar-refractivity contribution >= 4 is 17.1 Å². The normalized spacial score (nSPS) is 25.3. The molecule has 5 fully saturated rings. The minimum Gasteiger partial charge on any atom is -0.310 e.